The number of aryl methyl sites for hydroxylation is 1. The summed E-state index contributed by atoms with van der Waals surface area (Å²) < 4.78 is 10.7. The van der Waals surface area contributed by atoms with Crippen LogP contribution in [0.25, 0.3) is 10.4 Å². The average Bonchev–Trinajstić information content (AvgIpc) is 2.95. The van der Waals surface area contributed by atoms with Crippen LogP contribution in [0, 0.1) is 18.3 Å². The van der Waals surface area contributed by atoms with Gasteiger partial charge in [0, 0.05) is 0 Å². The van der Waals surface area contributed by atoms with Gasteiger partial charge in [-0.15, -0.1) is 11.3 Å². The fraction of sp³-hybridized carbons (Fsp3) is 0.231. The molecule has 5 heteroatoms. The molecule has 1 aliphatic heterocycles. The van der Waals surface area contributed by atoms with E-state index in [2.05, 4.69) is 11.1 Å². The van der Waals surface area contributed by atoms with Crippen LogP contribution in [0.1, 0.15) is 10.7 Å². The number of nitriles is 1. The molecule has 90 valence electrons. The van der Waals surface area contributed by atoms with Crippen LogP contribution >= 0.6 is 11.3 Å². The lowest BCUT2D eigenvalue weighted by Gasteiger charge is -2.00. The largest absolute Gasteiger partial charge is 0.454 e. The standard InChI is InChI=1S/C13H10N2O2S/c1-8-13(18-12(15-8)4-5-14)9-2-3-10-11(6-9)17-7-16-10/h2-3,6H,4,7H2,1H3. The summed E-state index contributed by atoms with van der Waals surface area (Å²) in [5, 5.41) is 9.55. The summed E-state index contributed by atoms with van der Waals surface area (Å²) in [7, 11) is 0. The molecule has 0 bridgehead atoms. The Kier molecular flexibility index (Phi) is 2.65. The molecule has 0 unspecified atom stereocenters. The number of fused-ring (bicyclic) bond motifs is 1. The third kappa shape index (κ3) is 1.81. The van der Waals surface area contributed by atoms with Gasteiger partial charge in [0.1, 0.15) is 5.01 Å². The number of nitrogens with zero attached hydrogens (tertiary/aromatic N) is 2. The quantitative estimate of drug-likeness (QED) is 0.831. The lowest BCUT2D eigenvalue weighted by molar-refractivity contribution is 0.174. The van der Waals surface area contributed by atoms with Gasteiger partial charge in [0.2, 0.25) is 6.79 Å². The molecule has 1 aromatic heterocycles. The van der Waals surface area contributed by atoms with Crippen LogP contribution in [-0.2, 0) is 6.42 Å². The maximum Gasteiger partial charge on any atom is 0.231 e. The Hall–Kier alpha value is -2.06. The lowest BCUT2D eigenvalue weighted by atomic mass is 10.1. The maximum absolute atomic E-state index is 8.70. The number of hydrogen-bond donors (Lipinski definition) is 0. The topological polar surface area (TPSA) is 55.1 Å². The van der Waals surface area contributed by atoms with E-state index in [1.165, 1.54) is 0 Å². The van der Waals surface area contributed by atoms with Crippen LogP contribution in [0.4, 0.5) is 0 Å². The van der Waals surface area contributed by atoms with Crippen LogP contribution in [0.2, 0.25) is 0 Å². The monoisotopic (exact) mass is 258 g/mol. The van der Waals surface area contributed by atoms with Gasteiger partial charge in [-0.05, 0) is 30.7 Å². The number of rotatable bonds is 2. The fourth-order valence-electron chi connectivity index (χ4n) is 1.90. The van der Waals surface area contributed by atoms with Gasteiger partial charge >= 0.3 is 0 Å². The predicted molar refractivity (Wildman–Crippen MR) is 67.7 cm³/mol. The highest BCUT2D eigenvalue weighted by molar-refractivity contribution is 7.15. The summed E-state index contributed by atoms with van der Waals surface area (Å²) in [6.07, 6.45) is 0.357. The van der Waals surface area contributed by atoms with Gasteiger partial charge in [-0.1, -0.05) is 0 Å². The van der Waals surface area contributed by atoms with Crippen molar-refractivity contribution in [1.29, 1.82) is 5.26 Å². The van der Waals surface area contributed by atoms with Gasteiger partial charge in [0.15, 0.2) is 11.5 Å². The molecule has 0 atom stereocenters. The SMILES string of the molecule is Cc1nc(CC#N)sc1-c1ccc2c(c1)OCO2. The zero-order chi connectivity index (χ0) is 12.5. The second kappa shape index (κ2) is 4.31. The summed E-state index contributed by atoms with van der Waals surface area (Å²) in [6, 6.07) is 7.97. The lowest BCUT2D eigenvalue weighted by Crippen LogP contribution is -1.92. The maximum atomic E-state index is 8.70. The zero-order valence-electron chi connectivity index (χ0n) is 9.77. The minimum Gasteiger partial charge on any atom is -0.454 e. The van der Waals surface area contributed by atoms with Crippen molar-refractivity contribution in [3.05, 3.63) is 28.9 Å². The van der Waals surface area contributed by atoms with Crippen molar-refractivity contribution in [2.75, 3.05) is 6.79 Å². The molecular formula is C13H10N2O2S. The number of hydrogen-bond acceptors (Lipinski definition) is 5. The molecule has 3 rings (SSSR count). The third-order valence-corrected chi connectivity index (χ3v) is 3.91. The van der Waals surface area contributed by atoms with E-state index in [9.17, 15) is 0 Å². The van der Waals surface area contributed by atoms with E-state index in [-0.39, 0.29) is 6.79 Å². The second-order valence-electron chi connectivity index (χ2n) is 3.93. The van der Waals surface area contributed by atoms with Gasteiger partial charge in [-0.25, -0.2) is 4.98 Å². The normalized spacial score (nSPS) is 12.4. The molecule has 0 fully saturated rings. The van der Waals surface area contributed by atoms with Crippen molar-refractivity contribution in [1.82, 2.24) is 4.98 Å². The summed E-state index contributed by atoms with van der Waals surface area (Å²) in [5.41, 5.74) is 2.00. The van der Waals surface area contributed by atoms with Gasteiger partial charge in [-0.3, -0.25) is 0 Å². The molecule has 2 aromatic rings. The van der Waals surface area contributed by atoms with Gasteiger partial charge < -0.3 is 9.47 Å². The van der Waals surface area contributed by atoms with Gasteiger partial charge in [0.05, 0.1) is 23.1 Å². The smallest absolute Gasteiger partial charge is 0.231 e. The first-order valence-electron chi connectivity index (χ1n) is 5.51. The third-order valence-electron chi connectivity index (χ3n) is 2.71. The Bertz CT molecular complexity index is 643. The minimum atomic E-state index is 0.278. The molecule has 0 saturated heterocycles. The highest BCUT2D eigenvalue weighted by atomic mass is 32.1. The molecule has 0 aliphatic carbocycles. The van der Waals surface area contributed by atoms with Crippen molar-refractivity contribution < 1.29 is 9.47 Å². The molecular weight excluding hydrogens is 248 g/mol. The fourth-order valence-corrected chi connectivity index (χ4v) is 2.89. The summed E-state index contributed by atoms with van der Waals surface area (Å²) in [5.74, 6) is 1.54. The zero-order valence-corrected chi connectivity index (χ0v) is 10.6. The number of benzene rings is 1. The highest BCUT2D eigenvalue weighted by Crippen LogP contribution is 2.38. The van der Waals surface area contributed by atoms with E-state index < -0.39 is 0 Å². The number of thiazole rings is 1. The Morgan fingerprint density at radius 1 is 1.39 bits per heavy atom. The first-order chi connectivity index (χ1) is 8.78. The molecule has 4 nitrogen and oxygen atoms in total. The van der Waals surface area contributed by atoms with Crippen LogP contribution in [-0.4, -0.2) is 11.8 Å². The van der Waals surface area contributed by atoms with E-state index in [0.29, 0.717) is 6.42 Å². The Morgan fingerprint density at radius 3 is 3.06 bits per heavy atom. The number of aromatic nitrogens is 1. The van der Waals surface area contributed by atoms with Gasteiger partial charge in [0.25, 0.3) is 0 Å². The summed E-state index contributed by atoms with van der Waals surface area (Å²) in [6.45, 7) is 2.23. The van der Waals surface area contributed by atoms with Crippen LogP contribution in [0.3, 0.4) is 0 Å². The summed E-state index contributed by atoms with van der Waals surface area (Å²) >= 11 is 1.55. The molecule has 1 aromatic carbocycles. The Labute approximate surface area is 108 Å². The molecule has 18 heavy (non-hydrogen) atoms. The van der Waals surface area contributed by atoms with Gasteiger partial charge in [-0.2, -0.15) is 5.26 Å². The molecule has 0 saturated carbocycles. The van der Waals surface area contributed by atoms with E-state index in [4.69, 9.17) is 14.7 Å². The Balaban J connectivity index is 2.02. The van der Waals surface area contributed by atoms with Crippen LogP contribution in [0.15, 0.2) is 18.2 Å². The van der Waals surface area contributed by atoms with Crippen molar-refractivity contribution >= 4 is 11.3 Å². The Morgan fingerprint density at radius 2 is 2.22 bits per heavy atom. The first-order valence-corrected chi connectivity index (χ1v) is 6.33. The first kappa shape index (κ1) is 11.1. The minimum absolute atomic E-state index is 0.278. The van der Waals surface area contributed by atoms with E-state index in [1.807, 2.05) is 25.1 Å². The number of ether oxygens (including phenoxy) is 2. The van der Waals surface area contributed by atoms with E-state index in [0.717, 1.165) is 32.6 Å². The molecule has 0 spiro atoms. The second-order valence-corrected chi connectivity index (χ2v) is 5.01. The predicted octanol–water partition coefficient (Wildman–Crippen LogP) is 2.91. The van der Waals surface area contributed by atoms with Crippen molar-refractivity contribution in [3.8, 4) is 28.0 Å². The van der Waals surface area contributed by atoms with Crippen LogP contribution in [0.5, 0.6) is 11.5 Å². The molecule has 0 amide bonds. The molecule has 1 aliphatic rings. The molecule has 0 radical (unpaired) electrons. The van der Waals surface area contributed by atoms with Crippen molar-refractivity contribution in [2.24, 2.45) is 0 Å². The molecule has 2 heterocycles. The average molecular weight is 258 g/mol. The van der Waals surface area contributed by atoms with Crippen molar-refractivity contribution in [3.63, 3.8) is 0 Å². The van der Waals surface area contributed by atoms with Crippen LogP contribution < -0.4 is 9.47 Å². The van der Waals surface area contributed by atoms with Crippen molar-refractivity contribution in [2.45, 2.75) is 13.3 Å². The molecule has 0 N–H and O–H groups in total. The van der Waals surface area contributed by atoms with E-state index >= 15 is 0 Å². The summed E-state index contributed by atoms with van der Waals surface area (Å²) in [4.78, 5) is 5.48. The highest BCUT2D eigenvalue weighted by Gasteiger charge is 2.16. The van der Waals surface area contributed by atoms with E-state index in [1.54, 1.807) is 11.3 Å².